The maximum absolute atomic E-state index is 12.1. The van der Waals surface area contributed by atoms with Gasteiger partial charge in [-0.25, -0.2) is 0 Å². The third-order valence-corrected chi connectivity index (χ3v) is 3.58. The van der Waals surface area contributed by atoms with Crippen LogP contribution in [0, 0.1) is 6.92 Å². The number of anilines is 2. The minimum atomic E-state index is -0.0997. The average molecular weight is 349 g/mol. The summed E-state index contributed by atoms with van der Waals surface area (Å²) in [5.41, 5.74) is 8.99. The first-order chi connectivity index (χ1) is 9.99. The fourth-order valence-electron chi connectivity index (χ4n) is 2.05. The summed E-state index contributed by atoms with van der Waals surface area (Å²) in [6.07, 6.45) is 0.291. The zero-order valence-electron chi connectivity index (χ0n) is 11.9. The lowest BCUT2D eigenvalue weighted by molar-refractivity contribution is -0.115. The van der Waals surface area contributed by atoms with Crippen molar-refractivity contribution in [1.29, 1.82) is 0 Å². The Morgan fingerprint density at radius 1 is 1.29 bits per heavy atom. The molecule has 2 aromatic carbocycles. The van der Waals surface area contributed by atoms with Crippen LogP contribution >= 0.6 is 15.9 Å². The van der Waals surface area contributed by atoms with E-state index in [4.69, 9.17) is 10.5 Å². The fraction of sp³-hybridized carbons (Fsp3) is 0.188. The van der Waals surface area contributed by atoms with Crippen molar-refractivity contribution in [2.24, 2.45) is 0 Å². The highest BCUT2D eigenvalue weighted by Gasteiger charge is 2.10. The van der Waals surface area contributed by atoms with Crippen LogP contribution in [0.25, 0.3) is 0 Å². The molecule has 2 rings (SSSR count). The van der Waals surface area contributed by atoms with Crippen LogP contribution in [0.5, 0.6) is 5.75 Å². The van der Waals surface area contributed by atoms with Gasteiger partial charge in [-0.15, -0.1) is 0 Å². The normalized spacial score (nSPS) is 10.2. The lowest BCUT2D eigenvalue weighted by Gasteiger charge is -2.12. The molecule has 0 aromatic heterocycles. The van der Waals surface area contributed by atoms with Crippen LogP contribution in [-0.4, -0.2) is 13.0 Å². The molecular weight excluding hydrogens is 332 g/mol. The van der Waals surface area contributed by atoms with Crippen molar-refractivity contribution in [1.82, 2.24) is 0 Å². The van der Waals surface area contributed by atoms with E-state index in [1.54, 1.807) is 13.2 Å². The zero-order valence-corrected chi connectivity index (χ0v) is 13.5. The third kappa shape index (κ3) is 3.98. The number of amides is 1. The predicted molar refractivity (Wildman–Crippen MR) is 88.6 cm³/mol. The number of methoxy groups -OCH3 is 1. The van der Waals surface area contributed by atoms with E-state index in [0.717, 1.165) is 21.3 Å². The molecule has 0 saturated carbocycles. The molecule has 0 saturated heterocycles. The number of rotatable bonds is 4. The van der Waals surface area contributed by atoms with Gasteiger partial charge < -0.3 is 15.8 Å². The topological polar surface area (TPSA) is 64.3 Å². The van der Waals surface area contributed by atoms with Gasteiger partial charge in [0.15, 0.2) is 0 Å². The summed E-state index contributed by atoms with van der Waals surface area (Å²) < 4.78 is 5.99. The second-order valence-corrected chi connectivity index (χ2v) is 5.68. The zero-order chi connectivity index (χ0) is 15.4. The van der Waals surface area contributed by atoms with Gasteiger partial charge in [-0.3, -0.25) is 4.79 Å². The number of ether oxygens (including phenoxy) is 1. The highest BCUT2D eigenvalue weighted by Crippen LogP contribution is 2.27. The van der Waals surface area contributed by atoms with Crippen molar-refractivity contribution in [3.63, 3.8) is 0 Å². The van der Waals surface area contributed by atoms with E-state index in [1.807, 2.05) is 37.3 Å². The lowest BCUT2D eigenvalue weighted by Crippen LogP contribution is -2.16. The van der Waals surface area contributed by atoms with Gasteiger partial charge >= 0.3 is 0 Å². The lowest BCUT2D eigenvalue weighted by atomic mass is 10.1. The molecule has 0 unspecified atom stereocenters. The van der Waals surface area contributed by atoms with Crippen LogP contribution < -0.4 is 15.8 Å². The highest BCUT2D eigenvalue weighted by molar-refractivity contribution is 9.10. The predicted octanol–water partition coefficient (Wildman–Crippen LogP) is 3.53. The molecule has 3 N–H and O–H groups in total. The second kappa shape index (κ2) is 6.63. The van der Waals surface area contributed by atoms with Gasteiger partial charge in [0, 0.05) is 4.47 Å². The monoisotopic (exact) mass is 348 g/mol. The molecule has 0 heterocycles. The number of carbonyl (C=O) groups is 1. The Bertz CT molecular complexity index is 631. The summed E-state index contributed by atoms with van der Waals surface area (Å²) in [5.74, 6) is 0.671. The first kappa shape index (κ1) is 15.4. The Morgan fingerprint density at radius 2 is 1.95 bits per heavy atom. The molecule has 0 atom stereocenters. The largest absolute Gasteiger partial charge is 0.497 e. The number of hydrogen-bond acceptors (Lipinski definition) is 3. The minimum Gasteiger partial charge on any atom is -0.497 e. The summed E-state index contributed by atoms with van der Waals surface area (Å²) in [6, 6.07) is 11.1. The quantitative estimate of drug-likeness (QED) is 0.830. The van der Waals surface area contributed by atoms with Crippen molar-refractivity contribution in [2.45, 2.75) is 13.3 Å². The van der Waals surface area contributed by atoms with E-state index < -0.39 is 0 Å². The third-order valence-electron chi connectivity index (χ3n) is 3.12. The number of aryl methyl sites for hydroxylation is 1. The summed E-state index contributed by atoms with van der Waals surface area (Å²) in [7, 11) is 1.61. The first-order valence-corrected chi connectivity index (χ1v) is 7.27. The van der Waals surface area contributed by atoms with Gasteiger partial charge in [-0.1, -0.05) is 28.1 Å². The molecule has 5 heteroatoms. The molecule has 0 spiro atoms. The number of hydrogen-bond donors (Lipinski definition) is 2. The van der Waals surface area contributed by atoms with Gasteiger partial charge in [-0.2, -0.15) is 0 Å². The van der Waals surface area contributed by atoms with Crippen molar-refractivity contribution >= 4 is 33.2 Å². The van der Waals surface area contributed by atoms with Crippen LogP contribution in [0.3, 0.4) is 0 Å². The number of nitrogens with two attached hydrogens (primary N) is 1. The number of halogens is 1. The van der Waals surface area contributed by atoms with E-state index in [1.165, 1.54) is 0 Å². The van der Waals surface area contributed by atoms with Crippen LogP contribution in [0.1, 0.15) is 11.1 Å². The van der Waals surface area contributed by atoms with E-state index in [0.29, 0.717) is 17.8 Å². The highest BCUT2D eigenvalue weighted by atomic mass is 79.9. The van der Waals surface area contributed by atoms with Crippen LogP contribution in [0.4, 0.5) is 11.4 Å². The van der Waals surface area contributed by atoms with E-state index in [-0.39, 0.29) is 5.91 Å². The average Bonchev–Trinajstić information content (AvgIpc) is 2.43. The fourth-order valence-corrected chi connectivity index (χ4v) is 2.64. The number of benzene rings is 2. The molecule has 0 aliphatic rings. The Balaban J connectivity index is 2.08. The molecule has 110 valence electrons. The molecule has 0 aliphatic carbocycles. The summed E-state index contributed by atoms with van der Waals surface area (Å²) in [5, 5.41) is 2.87. The molecule has 2 aromatic rings. The Morgan fingerprint density at radius 3 is 2.52 bits per heavy atom. The van der Waals surface area contributed by atoms with Gasteiger partial charge in [0.1, 0.15) is 5.75 Å². The van der Waals surface area contributed by atoms with Crippen molar-refractivity contribution < 1.29 is 9.53 Å². The summed E-state index contributed by atoms with van der Waals surface area (Å²) >= 11 is 3.38. The molecule has 1 amide bonds. The smallest absolute Gasteiger partial charge is 0.228 e. The molecule has 0 radical (unpaired) electrons. The number of nitrogens with one attached hydrogen (secondary N) is 1. The Hall–Kier alpha value is -2.01. The maximum atomic E-state index is 12.1. The van der Waals surface area contributed by atoms with Crippen LogP contribution in [-0.2, 0) is 11.2 Å². The minimum absolute atomic E-state index is 0.0997. The molecule has 0 aliphatic heterocycles. The van der Waals surface area contributed by atoms with Gasteiger partial charge in [0.2, 0.25) is 5.91 Å². The van der Waals surface area contributed by atoms with Gasteiger partial charge in [0.05, 0.1) is 24.9 Å². The van der Waals surface area contributed by atoms with E-state index in [2.05, 4.69) is 21.2 Å². The Kier molecular flexibility index (Phi) is 4.85. The van der Waals surface area contributed by atoms with Crippen LogP contribution in [0.15, 0.2) is 40.9 Å². The number of carbonyl (C=O) groups excluding carboxylic acids is 1. The molecule has 4 nitrogen and oxygen atoms in total. The van der Waals surface area contributed by atoms with Crippen molar-refractivity contribution in [2.75, 3.05) is 18.2 Å². The Labute approximate surface area is 132 Å². The van der Waals surface area contributed by atoms with Crippen molar-refractivity contribution in [3.8, 4) is 5.75 Å². The van der Waals surface area contributed by atoms with Gasteiger partial charge in [-0.05, 0) is 42.3 Å². The maximum Gasteiger partial charge on any atom is 0.228 e. The second-order valence-electron chi connectivity index (χ2n) is 4.76. The SMILES string of the molecule is COc1ccc(CC(=O)Nc2c(C)cc(Br)cc2N)cc1. The first-order valence-electron chi connectivity index (χ1n) is 6.48. The van der Waals surface area contributed by atoms with Crippen LogP contribution in [0.2, 0.25) is 0 Å². The van der Waals surface area contributed by atoms with E-state index >= 15 is 0 Å². The number of nitrogen functional groups attached to an aromatic ring is 1. The molecule has 0 bridgehead atoms. The summed E-state index contributed by atoms with van der Waals surface area (Å²) in [4.78, 5) is 12.1. The molecular formula is C16H17BrN2O2. The molecule has 21 heavy (non-hydrogen) atoms. The van der Waals surface area contributed by atoms with E-state index in [9.17, 15) is 4.79 Å². The molecule has 0 fully saturated rings. The van der Waals surface area contributed by atoms with Gasteiger partial charge in [0.25, 0.3) is 0 Å². The summed E-state index contributed by atoms with van der Waals surface area (Å²) in [6.45, 7) is 1.91. The van der Waals surface area contributed by atoms with Crippen molar-refractivity contribution in [3.05, 3.63) is 52.0 Å². The standard InChI is InChI=1S/C16H17BrN2O2/c1-10-7-12(17)9-14(18)16(10)19-15(20)8-11-3-5-13(21-2)6-4-11/h3-7,9H,8,18H2,1-2H3,(H,19,20).